The molecule has 3 aromatic rings. The van der Waals surface area contributed by atoms with E-state index in [2.05, 4.69) is 0 Å². The van der Waals surface area contributed by atoms with Gasteiger partial charge in [-0.05, 0) is 53.9 Å². The van der Waals surface area contributed by atoms with Gasteiger partial charge in [-0.2, -0.15) is 0 Å². The van der Waals surface area contributed by atoms with Crippen LogP contribution in [0.5, 0.6) is 40.2 Å². The highest BCUT2D eigenvalue weighted by Crippen LogP contribution is 2.39. The van der Waals surface area contributed by atoms with Crippen LogP contribution in [0.4, 0.5) is 0 Å². The molecule has 7 nitrogen and oxygen atoms in total. The van der Waals surface area contributed by atoms with E-state index in [0.29, 0.717) is 39.9 Å². The van der Waals surface area contributed by atoms with Gasteiger partial charge in [0.1, 0.15) is 11.5 Å². The van der Waals surface area contributed by atoms with Gasteiger partial charge in [-0.3, -0.25) is 0 Å². The minimum atomic E-state index is -0.0506. The topological polar surface area (TPSA) is 86.6 Å². The smallest absolute Gasteiger partial charge is 0.203 e. The lowest BCUT2D eigenvalue weighted by Crippen LogP contribution is -1.95. The molecule has 0 fully saturated rings. The number of phenolic OH excluding ortho intramolecular Hbond substituents is 2. The molecule has 0 aliphatic carbocycles. The quantitative estimate of drug-likeness (QED) is 0.377. The predicted molar refractivity (Wildman–Crippen MR) is 138 cm³/mol. The number of hydrogen-bond acceptors (Lipinski definition) is 7. The Balaban J connectivity index is 1.94. The molecule has 0 heterocycles. The Kier molecular flexibility index (Phi) is 8.15. The molecule has 184 valence electrons. The first kappa shape index (κ1) is 25.4. The first-order valence-electron chi connectivity index (χ1n) is 10.8. The minimum Gasteiger partial charge on any atom is -0.507 e. The van der Waals surface area contributed by atoms with Crippen LogP contribution in [0.15, 0.2) is 36.4 Å². The Morgan fingerprint density at radius 2 is 0.943 bits per heavy atom. The van der Waals surface area contributed by atoms with Crippen molar-refractivity contribution in [3.63, 3.8) is 0 Å². The molecule has 35 heavy (non-hydrogen) atoms. The summed E-state index contributed by atoms with van der Waals surface area (Å²) in [6.07, 6.45) is 7.18. The van der Waals surface area contributed by atoms with Crippen LogP contribution in [0.1, 0.15) is 27.8 Å². The number of phenols is 2. The van der Waals surface area contributed by atoms with Gasteiger partial charge in [0.05, 0.1) is 35.5 Å². The second-order valence-corrected chi connectivity index (χ2v) is 7.67. The molecule has 3 rings (SSSR count). The molecule has 0 spiro atoms. The Hall–Kier alpha value is -4.26. The van der Waals surface area contributed by atoms with Crippen molar-refractivity contribution in [2.45, 2.75) is 6.92 Å². The molecule has 0 saturated heterocycles. The fourth-order valence-electron chi connectivity index (χ4n) is 3.73. The van der Waals surface area contributed by atoms with Crippen LogP contribution < -0.4 is 23.7 Å². The maximum absolute atomic E-state index is 10.4. The summed E-state index contributed by atoms with van der Waals surface area (Å²) in [6.45, 7) is 1.93. The van der Waals surface area contributed by atoms with Crippen LogP contribution in [-0.4, -0.2) is 45.8 Å². The molecule has 0 aliphatic heterocycles. The number of hydrogen-bond donors (Lipinski definition) is 2. The molecule has 2 N–H and O–H groups in total. The zero-order valence-electron chi connectivity index (χ0n) is 20.7. The van der Waals surface area contributed by atoms with Crippen molar-refractivity contribution in [1.82, 2.24) is 0 Å². The SMILES string of the molecule is COc1cc(/C=C/c2cc(/C=C/c3cc(OC)c(OC)c(OC)c3)c(O)cc2O)cc(C)c1OC. The zero-order valence-corrected chi connectivity index (χ0v) is 20.7. The first-order chi connectivity index (χ1) is 16.8. The first-order valence-corrected chi connectivity index (χ1v) is 10.8. The van der Waals surface area contributed by atoms with Crippen molar-refractivity contribution in [2.75, 3.05) is 35.5 Å². The van der Waals surface area contributed by atoms with E-state index < -0.39 is 0 Å². The van der Waals surface area contributed by atoms with E-state index >= 15 is 0 Å². The lowest BCUT2D eigenvalue weighted by Gasteiger charge is -2.13. The van der Waals surface area contributed by atoms with Gasteiger partial charge in [0, 0.05) is 17.2 Å². The highest BCUT2D eigenvalue weighted by atomic mass is 16.5. The third kappa shape index (κ3) is 5.63. The van der Waals surface area contributed by atoms with Gasteiger partial charge in [-0.1, -0.05) is 24.3 Å². The van der Waals surface area contributed by atoms with Gasteiger partial charge in [0.25, 0.3) is 0 Å². The van der Waals surface area contributed by atoms with Gasteiger partial charge < -0.3 is 33.9 Å². The van der Waals surface area contributed by atoms with Crippen molar-refractivity contribution in [3.8, 4) is 40.2 Å². The van der Waals surface area contributed by atoms with E-state index in [1.54, 1.807) is 65.9 Å². The highest BCUT2D eigenvalue weighted by molar-refractivity contribution is 5.80. The second-order valence-electron chi connectivity index (χ2n) is 7.67. The molecule has 0 aliphatic rings. The molecule has 0 aromatic heterocycles. The summed E-state index contributed by atoms with van der Waals surface area (Å²) >= 11 is 0. The molecule has 0 amide bonds. The van der Waals surface area contributed by atoms with E-state index in [9.17, 15) is 10.2 Å². The van der Waals surface area contributed by atoms with Crippen LogP contribution in [-0.2, 0) is 0 Å². The molecule has 0 radical (unpaired) electrons. The third-order valence-electron chi connectivity index (χ3n) is 5.46. The summed E-state index contributed by atoms with van der Waals surface area (Å²) in [4.78, 5) is 0. The summed E-state index contributed by atoms with van der Waals surface area (Å²) in [7, 11) is 7.83. The highest BCUT2D eigenvalue weighted by Gasteiger charge is 2.13. The van der Waals surface area contributed by atoms with E-state index in [-0.39, 0.29) is 11.5 Å². The summed E-state index contributed by atoms with van der Waals surface area (Å²) in [5, 5.41) is 20.8. The van der Waals surface area contributed by atoms with E-state index in [0.717, 1.165) is 16.7 Å². The second kappa shape index (κ2) is 11.2. The third-order valence-corrected chi connectivity index (χ3v) is 5.46. The standard InChI is InChI=1S/C28H30O7/c1-17-11-18(12-24(31-2)27(17)34-5)7-9-20-15-21(23(30)16-22(20)29)10-8-19-13-25(32-3)28(35-6)26(14-19)33-4/h7-16,29-30H,1-6H3/b9-7+,10-8+. The van der Waals surface area contributed by atoms with Gasteiger partial charge >= 0.3 is 0 Å². The molecule has 0 bridgehead atoms. The molecule has 0 saturated carbocycles. The average Bonchev–Trinajstić information content (AvgIpc) is 2.86. The van der Waals surface area contributed by atoms with E-state index in [4.69, 9.17) is 23.7 Å². The number of aryl methyl sites for hydroxylation is 1. The van der Waals surface area contributed by atoms with Crippen LogP contribution >= 0.6 is 0 Å². The molecule has 7 heteroatoms. The van der Waals surface area contributed by atoms with Gasteiger partial charge in [-0.25, -0.2) is 0 Å². The fourth-order valence-corrected chi connectivity index (χ4v) is 3.73. The van der Waals surface area contributed by atoms with Gasteiger partial charge in [0.15, 0.2) is 23.0 Å². The Morgan fingerprint density at radius 1 is 0.514 bits per heavy atom. The molecular formula is C28H30O7. The normalized spacial score (nSPS) is 11.1. The lowest BCUT2D eigenvalue weighted by molar-refractivity contribution is 0.324. The van der Waals surface area contributed by atoms with E-state index in [1.165, 1.54) is 6.07 Å². The summed E-state index contributed by atoms with van der Waals surface area (Å²) < 4.78 is 27.0. The number of benzene rings is 3. The number of methoxy groups -OCH3 is 5. The lowest BCUT2D eigenvalue weighted by atomic mass is 10.0. The van der Waals surface area contributed by atoms with Crippen molar-refractivity contribution in [3.05, 3.63) is 64.2 Å². The van der Waals surface area contributed by atoms with Crippen molar-refractivity contribution in [2.24, 2.45) is 0 Å². The largest absolute Gasteiger partial charge is 0.507 e. The molecule has 3 aromatic carbocycles. The van der Waals surface area contributed by atoms with Gasteiger partial charge in [0.2, 0.25) is 5.75 Å². The number of aromatic hydroxyl groups is 2. The molecule has 0 atom stereocenters. The van der Waals surface area contributed by atoms with Crippen molar-refractivity contribution < 1.29 is 33.9 Å². The maximum Gasteiger partial charge on any atom is 0.203 e. The van der Waals surface area contributed by atoms with Crippen molar-refractivity contribution in [1.29, 1.82) is 0 Å². The Labute approximate surface area is 205 Å². The zero-order chi connectivity index (χ0) is 25.5. The monoisotopic (exact) mass is 478 g/mol. The fraction of sp³-hybridized carbons (Fsp3) is 0.214. The minimum absolute atomic E-state index is 0.0408. The predicted octanol–water partition coefficient (Wildman–Crippen LogP) is 5.79. The molecular weight excluding hydrogens is 448 g/mol. The van der Waals surface area contributed by atoms with Crippen LogP contribution in [0.2, 0.25) is 0 Å². The Morgan fingerprint density at radius 3 is 1.37 bits per heavy atom. The number of rotatable bonds is 9. The van der Waals surface area contributed by atoms with Crippen LogP contribution in [0, 0.1) is 6.92 Å². The van der Waals surface area contributed by atoms with Crippen LogP contribution in [0.3, 0.4) is 0 Å². The summed E-state index contributed by atoms with van der Waals surface area (Å²) in [6, 6.07) is 10.4. The summed E-state index contributed by atoms with van der Waals surface area (Å²) in [5.74, 6) is 2.75. The molecule has 0 unspecified atom stereocenters. The maximum atomic E-state index is 10.4. The summed E-state index contributed by atoms with van der Waals surface area (Å²) in [5.41, 5.74) is 3.65. The van der Waals surface area contributed by atoms with Crippen molar-refractivity contribution >= 4 is 24.3 Å². The number of ether oxygens (including phenoxy) is 5. The van der Waals surface area contributed by atoms with Gasteiger partial charge in [-0.15, -0.1) is 0 Å². The van der Waals surface area contributed by atoms with Crippen LogP contribution in [0.25, 0.3) is 24.3 Å². The van der Waals surface area contributed by atoms with E-state index in [1.807, 2.05) is 31.2 Å². The average molecular weight is 479 g/mol. The Bertz CT molecular complexity index is 1230.